The topological polar surface area (TPSA) is 63.6 Å². The van der Waals surface area contributed by atoms with Gasteiger partial charge in [-0.3, -0.25) is 0 Å². The second-order valence-electron chi connectivity index (χ2n) is 4.22. The molecule has 0 saturated heterocycles. The van der Waals surface area contributed by atoms with Crippen LogP contribution in [0.25, 0.3) is 0 Å². The lowest BCUT2D eigenvalue weighted by molar-refractivity contribution is 0.339. The zero-order valence-corrected chi connectivity index (χ0v) is 11.9. The highest BCUT2D eigenvalue weighted by Gasteiger charge is 2.16. The predicted octanol–water partition coefficient (Wildman–Crippen LogP) is 1.23. The highest BCUT2D eigenvalue weighted by Crippen LogP contribution is 2.16. The molecule has 4 nitrogen and oxygen atoms in total. The molecule has 0 aliphatic carbocycles. The first kappa shape index (κ1) is 15.5. The van der Waals surface area contributed by atoms with E-state index < -0.39 is 15.1 Å². The van der Waals surface area contributed by atoms with E-state index in [1.54, 1.807) is 38.1 Å². The molecule has 1 N–H and O–H groups in total. The van der Waals surface area contributed by atoms with Crippen LogP contribution in [0.5, 0.6) is 5.75 Å². The first-order valence-corrected chi connectivity index (χ1v) is 7.72. The average Bonchev–Trinajstić information content (AvgIpc) is 2.37. The maximum Gasteiger partial charge on any atom is 0.155 e. The number of hydrogen-bond acceptors (Lipinski definition) is 4. The van der Waals surface area contributed by atoms with E-state index in [0.717, 1.165) is 0 Å². The van der Waals surface area contributed by atoms with Gasteiger partial charge in [-0.2, -0.15) is 0 Å². The molecule has 0 amide bonds. The van der Waals surface area contributed by atoms with Crippen LogP contribution in [0.3, 0.4) is 0 Å². The van der Waals surface area contributed by atoms with Gasteiger partial charge in [0.15, 0.2) is 9.84 Å². The van der Waals surface area contributed by atoms with E-state index in [-0.39, 0.29) is 19.0 Å². The molecular weight excluding hydrogens is 264 g/mol. The molecule has 1 aromatic rings. The molecule has 0 heterocycles. The molecule has 0 spiro atoms. The lowest BCUT2D eigenvalue weighted by Gasteiger charge is -2.10. The molecule has 0 aromatic heterocycles. The Bertz CT molecular complexity index is 565. The lowest BCUT2D eigenvalue weighted by Crippen LogP contribution is -2.22. The van der Waals surface area contributed by atoms with Crippen molar-refractivity contribution in [3.8, 4) is 17.6 Å². The summed E-state index contributed by atoms with van der Waals surface area (Å²) in [6, 6.07) is 7.08. The van der Waals surface area contributed by atoms with Crippen molar-refractivity contribution >= 4 is 9.84 Å². The predicted molar refractivity (Wildman–Crippen MR) is 74.8 cm³/mol. The van der Waals surface area contributed by atoms with Crippen molar-refractivity contribution in [2.24, 2.45) is 0 Å². The summed E-state index contributed by atoms with van der Waals surface area (Å²) in [5.74, 6) is 5.80. The Balaban J connectivity index is 2.69. The summed E-state index contributed by atoms with van der Waals surface area (Å²) in [6.07, 6.45) is 0. The molecule has 0 aliphatic heterocycles. The van der Waals surface area contributed by atoms with Crippen LogP contribution >= 0.6 is 0 Å². The van der Waals surface area contributed by atoms with E-state index in [0.29, 0.717) is 11.3 Å². The van der Waals surface area contributed by atoms with Crippen molar-refractivity contribution < 1.29 is 18.3 Å². The van der Waals surface area contributed by atoms with Gasteiger partial charge in [0.05, 0.1) is 16.6 Å². The summed E-state index contributed by atoms with van der Waals surface area (Å²) in [5, 5.41) is 8.27. The van der Waals surface area contributed by atoms with Gasteiger partial charge in [0, 0.05) is 0 Å². The monoisotopic (exact) mass is 282 g/mol. The van der Waals surface area contributed by atoms with Gasteiger partial charge >= 0.3 is 0 Å². The van der Waals surface area contributed by atoms with Gasteiger partial charge in [-0.05, 0) is 26.0 Å². The number of hydrogen-bond donors (Lipinski definition) is 1. The molecule has 0 fully saturated rings. The first-order chi connectivity index (χ1) is 8.97. The van der Waals surface area contributed by atoms with Gasteiger partial charge in [0.25, 0.3) is 0 Å². The minimum atomic E-state index is -3.10. The lowest BCUT2D eigenvalue weighted by atomic mass is 10.2. The summed E-state index contributed by atoms with van der Waals surface area (Å²) >= 11 is 0. The maximum atomic E-state index is 11.6. The summed E-state index contributed by atoms with van der Waals surface area (Å²) in [5.41, 5.74) is 0.637. The summed E-state index contributed by atoms with van der Waals surface area (Å²) in [4.78, 5) is 0. The van der Waals surface area contributed by atoms with Crippen molar-refractivity contribution in [1.29, 1.82) is 0 Å². The van der Waals surface area contributed by atoms with Crippen molar-refractivity contribution in [2.75, 3.05) is 19.0 Å². The highest BCUT2D eigenvalue weighted by molar-refractivity contribution is 7.91. The second kappa shape index (κ2) is 7.17. The van der Waals surface area contributed by atoms with Crippen molar-refractivity contribution in [3.63, 3.8) is 0 Å². The fraction of sp³-hybridized carbons (Fsp3) is 0.429. The molecule has 0 atom stereocenters. The van der Waals surface area contributed by atoms with Crippen LogP contribution in [0.4, 0.5) is 0 Å². The highest BCUT2D eigenvalue weighted by atomic mass is 32.2. The van der Waals surface area contributed by atoms with Crippen LogP contribution in [-0.4, -0.2) is 37.7 Å². The maximum absolute atomic E-state index is 11.6. The van der Waals surface area contributed by atoms with Crippen LogP contribution in [0.15, 0.2) is 24.3 Å². The number of para-hydroxylation sites is 1. The largest absolute Gasteiger partial charge is 0.491 e. The van der Waals surface area contributed by atoms with Crippen LogP contribution in [0.1, 0.15) is 19.4 Å². The zero-order valence-electron chi connectivity index (χ0n) is 11.1. The van der Waals surface area contributed by atoms with Crippen LogP contribution in [-0.2, 0) is 9.84 Å². The second-order valence-corrected chi connectivity index (χ2v) is 6.90. The van der Waals surface area contributed by atoms with Gasteiger partial charge in [-0.15, -0.1) is 0 Å². The summed E-state index contributed by atoms with van der Waals surface area (Å²) < 4.78 is 28.7. The number of ether oxygens (including phenoxy) is 1. The number of aliphatic hydroxyl groups is 1. The Kier molecular flexibility index (Phi) is 5.87. The van der Waals surface area contributed by atoms with Crippen LogP contribution in [0, 0.1) is 11.8 Å². The smallest absolute Gasteiger partial charge is 0.155 e. The molecule has 0 radical (unpaired) electrons. The minimum Gasteiger partial charge on any atom is -0.491 e. The first-order valence-electron chi connectivity index (χ1n) is 6.00. The zero-order chi connectivity index (χ0) is 14.3. The molecule has 1 aromatic carbocycles. The third-order valence-electron chi connectivity index (χ3n) is 2.53. The Labute approximate surface area is 114 Å². The third-order valence-corrected chi connectivity index (χ3v) is 4.70. The molecule has 19 heavy (non-hydrogen) atoms. The average molecular weight is 282 g/mol. The van der Waals surface area contributed by atoms with Gasteiger partial charge < -0.3 is 9.84 Å². The SMILES string of the molecule is CC(C)S(=O)(=O)CCOc1ccccc1C#CCO. The van der Waals surface area contributed by atoms with E-state index in [4.69, 9.17) is 9.84 Å². The molecule has 0 bridgehead atoms. The number of rotatable bonds is 5. The van der Waals surface area contributed by atoms with Gasteiger partial charge in [0.2, 0.25) is 0 Å². The van der Waals surface area contributed by atoms with Gasteiger partial charge in [-0.25, -0.2) is 8.42 Å². The Morgan fingerprint density at radius 2 is 2.00 bits per heavy atom. The van der Waals surface area contributed by atoms with Crippen molar-refractivity contribution in [1.82, 2.24) is 0 Å². The molecule has 5 heteroatoms. The van der Waals surface area contributed by atoms with Crippen molar-refractivity contribution in [2.45, 2.75) is 19.1 Å². The van der Waals surface area contributed by atoms with Crippen LogP contribution < -0.4 is 4.74 Å². The van der Waals surface area contributed by atoms with Gasteiger partial charge in [-0.1, -0.05) is 24.0 Å². The van der Waals surface area contributed by atoms with E-state index in [2.05, 4.69) is 11.8 Å². The van der Waals surface area contributed by atoms with Gasteiger partial charge in [0.1, 0.15) is 19.0 Å². The number of aliphatic hydroxyl groups excluding tert-OH is 1. The Hall–Kier alpha value is -1.51. The molecule has 0 unspecified atom stereocenters. The normalized spacial score (nSPS) is 10.9. The molecule has 104 valence electrons. The van der Waals surface area contributed by atoms with Crippen LogP contribution in [0.2, 0.25) is 0 Å². The molecule has 1 rings (SSSR count). The van der Waals surface area contributed by atoms with E-state index in [9.17, 15) is 8.42 Å². The number of sulfone groups is 1. The molecule has 0 saturated carbocycles. The minimum absolute atomic E-state index is 0.0214. The summed E-state index contributed by atoms with van der Waals surface area (Å²) in [7, 11) is -3.10. The Morgan fingerprint density at radius 1 is 1.32 bits per heavy atom. The molecular formula is C14H18O4S. The van der Waals surface area contributed by atoms with E-state index >= 15 is 0 Å². The fourth-order valence-electron chi connectivity index (χ4n) is 1.33. The fourth-order valence-corrected chi connectivity index (χ4v) is 2.12. The summed E-state index contributed by atoms with van der Waals surface area (Å²) in [6.45, 7) is 3.17. The quantitative estimate of drug-likeness (QED) is 0.825. The van der Waals surface area contributed by atoms with E-state index in [1.807, 2.05) is 0 Å². The Morgan fingerprint density at radius 3 is 2.63 bits per heavy atom. The molecule has 0 aliphatic rings. The third kappa shape index (κ3) is 4.93. The number of benzene rings is 1. The van der Waals surface area contributed by atoms with Crippen molar-refractivity contribution in [3.05, 3.63) is 29.8 Å². The van der Waals surface area contributed by atoms with E-state index in [1.165, 1.54) is 0 Å². The standard InChI is InChI=1S/C14H18O4S/c1-12(2)19(16,17)11-10-18-14-8-4-3-6-13(14)7-5-9-15/h3-4,6,8,12,15H,9-11H2,1-2H3.